The van der Waals surface area contributed by atoms with Crippen molar-refractivity contribution in [2.75, 3.05) is 26.7 Å². The lowest BCUT2D eigenvalue weighted by atomic mass is 10.1. The average Bonchev–Trinajstić information content (AvgIpc) is 2.71. The van der Waals surface area contributed by atoms with E-state index in [1.165, 1.54) is 32.4 Å². The van der Waals surface area contributed by atoms with E-state index < -0.39 is 0 Å². The van der Waals surface area contributed by atoms with Crippen molar-refractivity contribution in [1.82, 2.24) is 9.47 Å². The molecule has 0 saturated carbocycles. The van der Waals surface area contributed by atoms with Crippen LogP contribution in [0, 0.1) is 0 Å². The molecule has 0 aliphatic carbocycles. The zero-order chi connectivity index (χ0) is 17.9. The lowest BCUT2D eigenvalue weighted by Gasteiger charge is -2.26. The molecule has 0 unspecified atom stereocenters. The number of methoxy groups -OCH3 is 1. The summed E-state index contributed by atoms with van der Waals surface area (Å²) in [7, 11) is 1.67. The van der Waals surface area contributed by atoms with Crippen molar-refractivity contribution in [1.29, 1.82) is 0 Å². The van der Waals surface area contributed by atoms with Crippen LogP contribution >= 0.6 is 0 Å². The molecule has 136 valence electrons. The molecule has 0 amide bonds. The first-order valence-electron chi connectivity index (χ1n) is 9.60. The van der Waals surface area contributed by atoms with Crippen molar-refractivity contribution >= 4 is 21.8 Å². The van der Waals surface area contributed by atoms with E-state index in [9.17, 15) is 4.79 Å². The number of hydrogen-bond acceptors (Lipinski definition) is 3. The van der Waals surface area contributed by atoms with Crippen molar-refractivity contribution in [2.24, 2.45) is 0 Å². The third-order valence-corrected chi connectivity index (χ3v) is 5.48. The van der Waals surface area contributed by atoms with E-state index in [0.717, 1.165) is 47.1 Å². The average molecular weight is 350 g/mol. The number of ether oxygens (including phenoxy) is 1. The molecule has 0 atom stereocenters. The van der Waals surface area contributed by atoms with E-state index in [2.05, 4.69) is 9.47 Å². The third-order valence-electron chi connectivity index (χ3n) is 5.48. The molecule has 0 N–H and O–H groups in total. The molecule has 4 rings (SSSR count). The third kappa shape index (κ3) is 3.10. The van der Waals surface area contributed by atoms with Gasteiger partial charge in [0.25, 0.3) is 0 Å². The smallest absolute Gasteiger partial charge is 0.197 e. The summed E-state index contributed by atoms with van der Waals surface area (Å²) in [4.78, 5) is 15.5. The van der Waals surface area contributed by atoms with Gasteiger partial charge in [0.2, 0.25) is 0 Å². The molecular weight excluding hydrogens is 324 g/mol. The van der Waals surface area contributed by atoms with Crippen LogP contribution in [-0.4, -0.2) is 36.2 Å². The van der Waals surface area contributed by atoms with Gasteiger partial charge in [0.15, 0.2) is 5.43 Å². The normalized spacial score (nSPS) is 15.6. The summed E-state index contributed by atoms with van der Waals surface area (Å²) >= 11 is 0. The van der Waals surface area contributed by atoms with Crippen LogP contribution in [0.15, 0.2) is 47.3 Å². The summed E-state index contributed by atoms with van der Waals surface area (Å²) in [6.07, 6.45) is 5.07. The van der Waals surface area contributed by atoms with Gasteiger partial charge >= 0.3 is 0 Å². The quantitative estimate of drug-likeness (QED) is 0.651. The number of likely N-dealkylation sites (tertiary alicyclic amines) is 1. The molecule has 2 heterocycles. The van der Waals surface area contributed by atoms with E-state index in [-0.39, 0.29) is 5.43 Å². The number of benzene rings is 2. The van der Waals surface area contributed by atoms with E-state index in [4.69, 9.17) is 4.74 Å². The van der Waals surface area contributed by atoms with Gasteiger partial charge in [-0.15, -0.1) is 0 Å². The Kier molecular flexibility index (Phi) is 4.93. The second-order valence-electron chi connectivity index (χ2n) is 7.11. The van der Waals surface area contributed by atoms with Gasteiger partial charge in [-0.25, -0.2) is 0 Å². The Morgan fingerprint density at radius 1 is 0.923 bits per heavy atom. The van der Waals surface area contributed by atoms with Gasteiger partial charge in [-0.2, -0.15) is 0 Å². The molecule has 1 aromatic heterocycles. The van der Waals surface area contributed by atoms with Crippen LogP contribution in [0.3, 0.4) is 0 Å². The molecule has 0 bridgehead atoms. The van der Waals surface area contributed by atoms with Crippen LogP contribution in [-0.2, 0) is 6.54 Å². The van der Waals surface area contributed by atoms with E-state index in [1.807, 2.05) is 42.5 Å². The SMILES string of the molecule is COc1cccc2c(=O)c3ccccc3n(CCCN3CCCCC3)c12. The molecule has 1 saturated heterocycles. The van der Waals surface area contributed by atoms with E-state index in [1.54, 1.807) is 7.11 Å². The van der Waals surface area contributed by atoms with Gasteiger partial charge in [-0.1, -0.05) is 24.6 Å². The maximum absolute atomic E-state index is 13.0. The molecule has 4 nitrogen and oxygen atoms in total. The Bertz CT molecular complexity index is 971. The molecule has 0 radical (unpaired) electrons. The van der Waals surface area contributed by atoms with Crippen LogP contribution in [0.1, 0.15) is 25.7 Å². The molecule has 1 aliphatic rings. The predicted molar refractivity (Wildman–Crippen MR) is 107 cm³/mol. The summed E-state index contributed by atoms with van der Waals surface area (Å²) in [5.74, 6) is 0.767. The van der Waals surface area contributed by atoms with Gasteiger partial charge in [-0.05, 0) is 63.2 Å². The zero-order valence-electron chi connectivity index (χ0n) is 15.4. The van der Waals surface area contributed by atoms with Crippen molar-refractivity contribution in [3.05, 3.63) is 52.7 Å². The van der Waals surface area contributed by atoms with Crippen molar-refractivity contribution in [2.45, 2.75) is 32.2 Å². The molecular formula is C22H26N2O2. The molecule has 3 aromatic rings. The summed E-state index contributed by atoms with van der Waals surface area (Å²) in [5.41, 5.74) is 1.99. The Morgan fingerprint density at radius 3 is 2.50 bits per heavy atom. The highest BCUT2D eigenvalue weighted by molar-refractivity contribution is 5.96. The standard InChI is InChI=1S/C22H26N2O2/c1-26-20-12-7-10-18-21(20)24(16-8-15-23-13-5-2-6-14-23)19-11-4-3-9-17(19)22(18)25/h3-4,7,9-12H,2,5-6,8,13-16H2,1H3. The summed E-state index contributed by atoms with van der Waals surface area (Å²) in [5, 5.41) is 1.52. The molecule has 2 aromatic carbocycles. The lowest BCUT2D eigenvalue weighted by molar-refractivity contribution is 0.223. The van der Waals surface area contributed by atoms with Gasteiger partial charge in [0.05, 0.1) is 23.5 Å². The monoisotopic (exact) mass is 350 g/mol. The van der Waals surface area contributed by atoms with Crippen LogP contribution in [0.25, 0.3) is 21.8 Å². The first kappa shape index (κ1) is 17.1. The summed E-state index contributed by atoms with van der Waals surface area (Å²) in [6.45, 7) is 4.43. The molecule has 1 fully saturated rings. The van der Waals surface area contributed by atoms with Crippen LogP contribution < -0.4 is 10.2 Å². The number of pyridine rings is 1. The minimum Gasteiger partial charge on any atom is -0.495 e. The van der Waals surface area contributed by atoms with Gasteiger partial charge in [0, 0.05) is 11.9 Å². The highest BCUT2D eigenvalue weighted by Crippen LogP contribution is 2.27. The number of hydrogen-bond donors (Lipinski definition) is 0. The predicted octanol–water partition coefficient (Wildman–Crippen LogP) is 4.04. The second kappa shape index (κ2) is 7.50. The fraction of sp³-hybridized carbons (Fsp3) is 0.409. The maximum atomic E-state index is 13.0. The fourth-order valence-electron chi connectivity index (χ4n) is 4.18. The Hall–Kier alpha value is -2.33. The first-order chi connectivity index (χ1) is 12.8. The molecule has 26 heavy (non-hydrogen) atoms. The van der Waals surface area contributed by atoms with Crippen molar-refractivity contribution in [3.8, 4) is 5.75 Å². The van der Waals surface area contributed by atoms with Crippen LogP contribution in [0.4, 0.5) is 0 Å². The van der Waals surface area contributed by atoms with Crippen molar-refractivity contribution < 1.29 is 4.74 Å². The lowest BCUT2D eigenvalue weighted by Crippen LogP contribution is -2.31. The Balaban J connectivity index is 1.77. The van der Waals surface area contributed by atoms with Crippen LogP contribution in [0.5, 0.6) is 5.75 Å². The van der Waals surface area contributed by atoms with Gasteiger partial charge < -0.3 is 14.2 Å². The van der Waals surface area contributed by atoms with Gasteiger partial charge in [-0.3, -0.25) is 4.79 Å². The maximum Gasteiger partial charge on any atom is 0.197 e. The topological polar surface area (TPSA) is 34.5 Å². The zero-order valence-corrected chi connectivity index (χ0v) is 15.4. The molecule has 0 spiro atoms. The number of aromatic nitrogens is 1. The first-order valence-corrected chi connectivity index (χ1v) is 9.60. The fourth-order valence-corrected chi connectivity index (χ4v) is 4.18. The summed E-state index contributed by atoms with van der Waals surface area (Å²) < 4.78 is 7.87. The Morgan fingerprint density at radius 2 is 1.69 bits per heavy atom. The Labute approximate surface area is 154 Å². The number of para-hydroxylation sites is 2. The summed E-state index contributed by atoms with van der Waals surface area (Å²) in [6, 6.07) is 13.7. The molecule has 4 heteroatoms. The number of piperidine rings is 1. The minimum absolute atomic E-state index is 0.0850. The molecule has 1 aliphatic heterocycles. The number of rotatable bonds is 5. The highest BCUT2D eigenvalue weighted by Gasteiger charge is 2.15. The number of nitrogens with zero attached hydrogens (tertiary/aromatic N) is 2. The minimum atomic E-state index is 0.0850. The number of fused-ring (bicyclic) bond motifs is 2. The second-order valence-corrected chi connectivity index (χ2v) is 7.11. The van der Waals surface area contributed by atoms with Gasteiger partial charge in [0.1, 0.15) is 5.75 Å². The van der Waals surface area contributed by atoms with Crippen LogP contribution in [0.2, 0.25) is 0 Å². The largest absolute Gasteiger partial charge is 0.495 e. The van der Waals surface area contributed by atoms with E-state index in [0.29, 0.717) is 0 Å². The van der Waals surface area contributed by atoms with Crippen molar-refractivity contribution in [3.63, 3.8) is 0 Å². The highest BCUT2D eigenvalue weighted by atomic mass is 16.5. The number of aryl methyl sites for hydroxylation is 1. The van der Waals surface area contributed by atoms with E-state index >= 15 is 0 Å².